The molecule has 0 spiro atoms. The van der Waals surface area contributed by atoms with E-state index in [0.717, 1.165) is 0 Å². The van der Waals surface area contributed by atoms with E-state index in [1.165, 1.54) is 17.0 Å². The number of carbonyl (C=O) groups is 4. The van der Waals surface area contributed by atoms with Crippen molar-refractivity contribution in [3.8, 4) is 0 Å². The summed E-state index contributed by atoms with van der Waals surface area (Å²) in [6.45, 7) is 3.04. The number of ether oxygens (including phenoxy) is 1. The molecular formula is C17H21N5O5. The van der Waals surface area contributed by atoms with Crippen molar-refractivity contribution in [2.45, 2.75) is 13.3 Å². The van der Waals surface area contributed by atoms with Gasteiger partial charge in [0.15, 0.2) is 0 Å². The van der Waals surface area contributed by atoms with Gasteiger partial charge in [-0.05, 0) is 31.2 Å². The van der Waals surface area contributed by atoms with Gasteiger partial charge in [0, 0.05) is 30.1 Å². The molecule has 4 N–H and O–H groups in total. The Morgan fingerprint density at radius 1 is 1.15 bits per heavy atom. The fraction of sp³-hybridized carbons (Fsp3) is 0.353. The van der Waals surface area contributed by atoms with Gasteiger partial charge in [-0.3, -0.25) is 19.2 Å². The number of hydrazone groups is 1. The highest BCUT2D eigenvalue weighted by Gasteiger charge is 2.23. The van der Waals surface area contributed by atoms with Gasteiger partial charge in [0.05, 0.1) is 19.6 Å². The van der Waals surface area contributed by atoms with Crippen molar-refractivity contribution in [2.24, 2.45) is 10.8 Å². The van der Waals surface area contributed by atoms with Gasteiger partial charge in [-0.2, -0.15) is 5.10 Å². The number of nitrogens with two attached hydrogens (primary N) is 1. The monoisotopic (exact) mass is 375 g/mol. The molecule has 0 bridgehead atoms. The third-order valence-corrected chi connectivity index (χ3v) is 3.71. The summed E-state index contributed by atoms with van der Waals surface area (Å²) in [7, 11) is 0. The number of morpholine rings is 1. The number of anilines is 1. The van der Waals surface area contributed by atoms with Crippen LogP contribution >= 0.6 is 0 Å². The number of rotatable bonds is 5. The quantitative estimate of drug-likeness (QED) is 0.360. The first-order valence-electron chi connectivity index (χ1n) is 8.26. The highest BCUT2D eigenvalue weighted by molar-refractivity contribution is 6.35. The molecule has 0 aliphatic carbocycles. The summed E-state index contributed by atoms with van der Waals surface area (Å²) in [5.74, 6) is -2.47. The minimum Gasteiger partial charge on any atom is -0.378 e. The molecule has 0 atom stereocenters. The van der Waals surface area contributed by atoms with Gasteiger partial charge in [0.25, 0.3) is 0 Å². The number of benzene rings is 1. The van der Waals surface area contributed by atoms with Crippen LogP contribution in [0, 0.1) is 0 Å². The number of primary amides is 1. The summed E-state index contributed by atoms with van der Waals surface area (Å²) in [4.78, 5) is 48.1. The standard InChI is InChI=1S/C17H21N5O5/c1-11(20-21-16(25)17(26)22-6-8-27-9-7-22)10-14(23)19-13-4-2-12(3-5-13)15(18)24/h2-5H,6-10H2,1H3,(H2,18,24)(H,19,23)(H,21,25)/b20-11+. The summed E-state index contributed by atoms with van der Waals surface area (Å²) >= 11 is 0. The molecule has 1 aromatic carbocycles. The number of hydrogen-bond donors (Lipinski definition) is 3. The Bertz CT molecular complexity index is 753. The normalized spacial score (nSPS) is 14.4. The fourth-order valence-electron chi connectivity index (χ4n) is 2.30. The topological polar surface area (TPSA) is 143 Å². The Labute approximate surface area is 155 Å². The highest BCUT2D eigenvalue weighted by atomic mass is 16.5. The number of amides is 4. The molecule has 0 saturated carbocycles. The highest BCUT2D eigenvalue weighted by Crippen LogP contribution is 2.09. The Morgan fingerprint density at radius 3 is 2.37 bits per heavy atom. The molecule has 1 aromatic rings. The van der Waals surface area contributed by atoms with Crippen LogP contribution in [0.15, 0.2) is 29.4 Å². The van der Waals surface area contributed by atoms with Crippen LogP contribution in [-0.4, -0.2) is 60.5 Å². The average molecular weight is 375 g/mol. The second kappa shape index (κ2) is 9.43. The molecule has 0 unspecified atom stereocenters. The van der Waals surface area contributed by atoms with Crippen molar-refractivity contribution < 1.29 is 23.9 Å². The molecule has 27 heavy (non-hydrogen) atoms. The molecule has 10 heteroatoms. The molecule has 0 aromatic heterocycles. The van der Waals surface area contributed by atoms with Crippen LogP contribution in [0.2, 0.25) is 0 Å². The van der Waals surface area contributed by atoms with Gasteiger partial charge in [0.1, 0.15) is 0 Å². The van der Waals surface area contributed by atoms with Crippen molar-refractivity contribution in [3.63, 3.8) is 0 Å². The second-order valence-electron chi connectivity index (χ2n) is 5.86. The van der Waals surface area contributed by atoms with Crippen molar-refractivity contribution in [1.29, 1.82) is 0 Å². The Kier molecular flexibility index (Phi) is 7.00. The van der Waals surface area contributed by atoms with Gasteiger partial charge >= 0.3 is 11.8 Å². The van der Waals surface area contributed by atoms with Crippen LogP contribution in [0.5, 0.6) is 0 Å². The lowest BCUT2D eigenvalue weighted by molar-refractivity contribution is -0.148. The summed E-state index contributed by atoms with van der Waals surface area (Å²) in [6.07, 6.45) is -0.0798. The molecule has 2 rings (SSSR count). The van der Waals surface area contributed by atoms with Gasteiger partial charge in [-0.1, -0.05) is 0 Å². The Hall–Kier alpha value is -3.27. The lowest BCUT2D eigenvalue weighted by atomic mass is 10.2. The predicted octanol–water partition coefficient (Wildman–Crippen LogP) is -0.535. The van der Waals surface area contributed by atoms with Crippen molar-refractivity contribution >= 4 is 35.0 Å². The van der Waals surface area contributed by atoms with Gasteiger partial charge in [0.2, 0.25) is 11.8 Å². The van der Waals surface area contributed by atoms with Gasteiger partial charge in [-0.15, -0.1) is 0 Å². The zero-order valence-corrected chi connectivity index (χ0v) is 14.9. The predicted molar refractivity (Wildman–Crippen MR) is 96.9 cm³/mol. The van der Waals surface area contributed by atoms with E-state index in [-0.39, 0.29) is 12.3 Å². The zero-order chi connectivity index (χ0) is 19.8. The van der Waals surface area contributed by atoms with E-state index in [4.69, 9.17) is 10.5 Å². The van der Waals surface area contributed by atoms with Crippen LogP contribution in [0.3, 0.4) is 0 Å². The SMILES string of the molecule is C/C(CC(=O)Nc1ccc(C(N)=O)cc1)=N\NC(=O)C(=O)N1CCOCC1. The minimum absolute atomic E-state index is 0.0798. The number of carbonyl (C=O) groups excluding carboxylic acids is 4. The van der Waals surface area contributed by atoms with E-state index in [1.807, 2.05) is 0 Å². The lowest BCUT2D eigenvalue weighted by Gasteiger charge is -2.25. The van der Waals surface area contributed by atoms with Crippen LogP contribution in [0.4, 0.5) is 5.69 Å². The average Bonchev–Trinajstić information content (AvgIpc) is 2.66. The first-order valence-corrected chi connectivity index (χ1v) is 8.26. The number of hydrogen-bond acceptors (Lipinski definition) is 6. The van der Waals surface area contributed by atoms with Gasteiger partial charge < -0.3 is 20.7 Å². The summed E-state index contributed by atoms with van der Waals surface area (Å²) in [6, 6.07) is 6.09. The van der Waals surface area contributed by atoms with Crippen molar-refractivity contribution in [1.82, 2.24) is 10.3 Å². The molecule has 1 aliphatic heterocycles. The maximum absolute atomic E-state index is 12.0. The molecule has 1 saturated heterocycles. The molecule has 144 valence electrons. The molecule has 10 nitrogen and oxygen atoms in total. The van der Waals surface area contributed by atoms with E-state index in [2.05, 4.69) is 15.8 Å². The molecule has 4 amide bonds. The van der Waals surface area contributed by atoms with E-state index in [0.29, 0.717) is 43.3 Å². The van der Waals surface area contributed by atoms with E-state index in [9.17, 15) is 19.2 Å². The van der Waals surface area contributed by atoms with E-state index in [1.54, 1.807) is 19.1 Å². The van der Waals surface area contributed by atoms with Crippen molar-refractivity contribution in [2.75, 3.05) is 31.6 Å². The largest absolute Gasteiger partial charge is 0.378 e. The zero-order valence-electron chi connectivity index (χ0n) is 14.9. The van der Waals surface area contributed by atoms with Crippen molar-refractivity contribution in [3.05, 3.63) is 29.8 Å². The van der Waals surface area contributed by atoms with Crippen LogP contribution < -0.4 is 16.5 Å². The molecular weight excluding hydrogens is 354 g/mol. The maximum Gasteiger partial charge on any atom is 0.329 e. The maximum atomic E-state index is 12.0. The van der Waals surface area contributed by atoms with Gasteiger partial charge in [-0.25, -0.2) is 5.43 Å². The van der Waals surface area contributed by atoms with Crippen LogP contribution in [0.1, 0.15) is 23.7 Å². The summed E-state index contributed by atoms with van der Waals surface area (Å²) in [5, 5.41) is 6.40. The first kappa shape index (κ1) is 20.0. The lowest BCUT2D eigenvalue weighted by Crippen LogP contribution is -2.47. The minimum atomic E-state index is -0.862. The molecule has 1 heterocycles. The fourth-order valence-corrected chi connectivity index (χ4v) is 2.30. The van der Waals surface area contributed by atoms with E-state index < -0.39 is 17.7 Å². The Morgan fingerprint density at radius 2 is 1.78 bits per heavy atom. The first-order chi connectivity index (χ1) is 12.9. The summed E-state index contributed by atoms with van der Waals surface area (Å²) in [5.41, 5.74) is 8.45. The number of nitrogens with zero attached hydrogens (tertiary/aromatic N) is 2. The third-order valence-electron chi connectivity index (χ3n) is 3.71. The molecule has 1 aliphatic rings. The Balaban J connectivity index is 1.81. The van der Waals surface area contributed by atoms with Crippen LogP contribution in [0.25, 0.3) is 0 Å². The second-order valence-corrected chi connectivity index (χ2v) is 5.86. The third kappa shape index (κ3) is 6.19. The smallest absolute Gasteiger partial charge is 0.329 e. The molecule has 1 fully saturated rings. The molecule has 0 radical (unpaired) electrons. The summed E-state index contributed by atoms with van der Waals surface area (Å²) < 4.78 is 5.12. The van der Waals surface area contributed by atoms with Crippen LogP contribution in [-0.2, 0) is 19.1 Å². The number of nitrogens with one attached hydrogen (secondary N) is 2. The van der Waals surface area contributed by atoms with E-state index >= 15 is 0 Å².